The van der Waals surface area contributed by atoms with Crippen LogP contribution < -0.4 is 5.43 Å². The fourth-order valence-electron chi connectivity index (χ4n) is 2.80. The minimum absolute atomic E-state index is 0.281. The molecule has 4 aromatic rings. The second-order valence-electron chi connectivity index (χ2n) is 5.92. The molecule has 0 radical (unpaired) electrons. The Morgan fingerprint density at radius 2 is 1.67 bits per heavy atom. The largest absolute Gasteiger partial charge is 0.272 e. The lowest BCUT2D eigenvalue weighted by atomic mass is 10.0. The first kappa shape index (κ1) is 16.6. The number of para-hydroxylation sites is 1. The number of hydrazone groups is 1. The quantitative estimate of drug-likeness (QED) is 0.445. The first-order valence-electron chi connectivity index (χ1n) is 8.50. The topological polar surface area (TPSA) is 67.2 Å². The molecular weight excluding hydrogens is 336 g/mol. The number of amides is 1. The molecule has 2 aromatic carbocycles. The summed E-state index contributed by atoms with van der Waals surface area (Å²) in [7, 11) is 0. The summed E-state index contributed by atoms with van der Waals surface area (Å²) in [6.45, 7) is 0. The van der Waals surface area contributed by atoms with Crippen LogP contribution in [0.1, 0.15) is 15.9 Å². The Morgan fingerprint density at radius 1 is 0.926 bits per heavy atom. The van der Waals surface area contributed by atoms with E-state index in [4.69, 9.17) is 4.98 Å². The minimum Gasteiger partial charge on any atom is -0.267 e. The summed E-state index contributed by atoms with van der Waals surface area (Å²) in [6, 6.07) is 22.8. The monoisotopic (exact) mass is 352 g/mol. The van der Waals surface area contributed by atoms with Gasteiger partial charge in [0.05, 0.1) is 23.0 Å². The number of hydrogen-bond donors (Lipinski definition) is 1. The molecule has 0 saturated carbocycles. The van der Waals surface area contributed by atoms with E-state index in [1.807, 2.05) is 66.7 Å². The number of nitrogens with one attached hydrogen (secondary N) is 1. The van der Waals surface area contributed by atoms with Gasteiger partial charge in [0, 0.05) is 23.3 Å². The average Bonchev–Trinajstić information content (AvgIpc) is 2.74. The molecular formula is C22H16N4O. The van der Waals surface area contributed by atoms with E-state index >= 15 is 0 Å². The number of carbonyl (C=O) groups excluding carboxylic acids is 1. The maximum atomic E-state index is 12.8. The smallest absolute Gasteiger partial charge is 0.267 e. The van der Waals surface area contributed by atoms with E-state index in [1.165, 1.54) is 0 Å². The first-order chi connectivity index (χ1) is 13.3. The van der Waals surface area contributed by atoms with E-state index in [1.54, 1.807) is 24.7 Å². The molecule has 1 N–H and O–H groups in total. The van der Waals surface area contributed by atoms with Crippen molar-refractivity contribution in [3.63, 3.8) is 0 Å². The standard InChI is InChI=1S/C22H16N4O/c27-22(26-24-15-16-10-12-23-13-11-16)19-14-21(17-6-2-1-3-7-17)25-20-9-5-4-8-18(19)20/h1-15H,(H,26,27). The lowest BCUT2D eigenvalue weighted by Gasteiger charge is -2.09. The van der Waals surface area contributed by atoms with Gasteiger partial charge in [-0.25, -0.2) is 10.4 Å². The van der Waals surface area contributed by atoms with E-state index in [0.717, 1.165) is 27.7 Å². The Balaban J connectivity index is 1.69. The molecule has 0 aliphatic carbocycles. The van der Waals surface area contributed by atoms with Crippen molar-refractivity contribution >= 4 is 23.0 Å². The first-order valence-corrected chi connectivity index (χ1v) is 8.50. The molecule has 4 rings (SSSR count). The zero-order valence-corrected chi connectivity index (χ0v) is 14.4. The Kier molecular flexibility index (Phi) is 4.66. The molecule has 1 amide bonds. The molecule has 0 spiro atoms. The van der Waals surface area contributed by atoms with Gasteiger partial charge in [-0.3, -0.25) is 9.78 Å². The van der Waals surface area contributed by atoms with Crippen LogP contribution in [0.3, 0.4) is 0 Å². The highest BCUT2D eigenvalue weighted by Crippen LogP contribution is 2.24. The van der Waals surface area contributed by atoms with Gasteiger partial charge in [-0.05, 0) is 29.8 Å². The number of nitrogens with zero attached hydrogens (tertiary/aromatic N) is 3. The zero-order valence-electron chi connectivity index (χ0n) is 14.4. The lowest BCUT2D eigenvalue weighted by Crippen LogP contribution is -2.18. The van der Waals surface area contributed by atoms with E-state index in [0.29, 0.717) is 5.56 Å². The van der Waals surface area contributed by atoms with Crippen LogP contribution in [-0.2, 0) is 0 Å². The maximum Gasteiger partial charge on any atom is 0.272 e. The molecule has 0 bridgehead atoms. The lowest BCUT2D eigenvalue weighted by molar-refractivity contribution is 0.0957. The van der Waals surface area contributed by atoms with Gasteiger partial charge < -0.3 is 0 Å². The van der Waals surface area contributed by atoms with E-state index in [-0.39, 0.29) is 5.91 Å². The number of rotatable bonds is 4. The van der Waals surface area contributed by atoms with E-state index in [2.05, 4.69) is 15.5 Å². The molecule has 5 heteroatoms. The maximum absolute atomic E-state index is 12.8. The van der Waals surface area contributed by atoms with Crippen LogP contribution in [0.5, 0.6) is 0 Å². The van der Waals surface area contributed by atoms with Crippen LogP contribution in [0.25, 0.3) is 22.2 Å². The number of benzene rings is 2. The molecule has 130 valence electrons. The summed E-state index contributed by atoms with van der Waals surface area (Å²) >= 11 is 0. The molecule has 0 aliphatic heterocycles. The van der Waals surface area contributed by atoms with Gasteiger partial charge in [-0.1, -0.05) is 48.5 Å². The van der Waals surface area contributed by atoms with Crippen LogP contribution in [0, 0.1) is 0 Å². The summed E-state index contributed by atoms with van der Waals surface area (Å²) < 4.78 is 0. The van der Waals surface area contributed by atoms with Crippen molar-refractivity contribution in [3.05, 3.63) is 96.3 Å². The Hall–Kier alpha value is -3.86. The minimum atomic E-state index is -0.281. The van der Waals surface area contributed by atoms with Crippen LogP contribution in [0.4, 0.5) is 0 Å². The molecule has 27 heavy (non-hydrogen) atoms. The third-order valence-corrected chi connectivity index (χ3v) is 4.12. The number of aromatic nitrogens is 2. The Labute approximate surface area is 156 Å². The summed E-state index contributed by atoms with van der Waals surface area (Å²) in [5.74, 6) is -0.281. The third-order valence-electron chi connectivity index (χ3n) is 4.12. The van der Waals surface area contributed by atoms with Crippen LogP contribution in [0.15, 0.2) is 90.3 Å². The number of fused-ring (bicyclic) bond motifs is 1. The molecule has 0 fully saturated rings. The van der Waals surface area contributed by atoms with Crippen molar-refractivity contribution in [1.29, 1.82) is 0 Å². The summed E-state index contributed by atoms with van der Waals surface area (Å²) in [6.07, 6.45) is 4.93. The molecule has 2 aromatic heterocycles. The highest BCUT2D eigenvalue weighted by atomic mass is 16.2. The second kappa shape index (κ2) is 7.58. The van der Waals surface area contributed by atoms with Gasteiger partial charge >= 0.3 is 0 Å². The number of hydrogen-bond acceptors (Lipinski definition) is 4. The fraction of sp³-hybridized carbons (Fsp3) is 0. The van der Waals surface area contributed by atoms with Gasteiger partial charge in [-0.15, -0.1) is 0 Å². The Morgan fingerprint density at radius 3 is 2.48 bits per heavy atom. The fourth-order valence-corrected chi connectivity index (χ4v) is 2.80. The number of pyridine rings is 2. The van der Waals surface area contributed by atoms with E-state index < -0.39 is 0 Å². The normalized spacial score (nSPS) is 11.0. The molecule has 0 saturated heterocycles. The summed E-state index contributed by atoms with van der Waals surface area (Å²) in [5, 5.41) is 4.84. The second-order valence-corrected chi connectivity index (χ2v) is 5.92. The summed E-state index contributed by atoms with van der Waals surface area (Å²) in [4.78, 5) is 21.4. The van der Waals surface area contributed by atoms with Crippen molar-refractivity contribution < 1.29 is 4.79 Å². The van der Waals surface area contributed by atoms with Gasteiger partial charge in [0.1, 0.15) is 0 Å². The van der Waals surface area contributed by atoms with Crippen molar-refractivity contribution in [3.8, 4) is 11.3 Å². The third kappa shape index (κ3) is 3.72. The highest BCUT2D eigenvalue weighted by Gasteiger charge is 2.13. The molecule has 0 atom stereocenters. The van der Waals surface area contributed by atoms with Crippen LogP contribution in [0.2, 0.25) is 0 Å². The number of carbonyl (C=O) groups is 1. The molecule has 2 heterocycles. The van der Waals surface area contributed by atoms with Crippen molar-refractivity contribution in [2.45, 2.75) is 0 Å². The van der Waals surface area contributed by atoms with Gasteiger partial charge in [0.2, 0.25) is 0 Å². The molecule has 0 aliphatic rings. The predicted octanol–water partition coefficient (Wildman–Crippen LogP) is 4.06. The van der Waals surface area contributed by atoms with Gasteiger partial charge in [-0.2, -0.15) is 5.10 Å². The Bertz CT molecular complexity index is 1110. The molecule has 5 nitrogen and oxygen atoms in total. The van der Waals surface area contributed by atoms with Gasteiger partial charge in [0.25, 0.3) is 5.91 Å². The summed E-state index contributed by atoms with van der Waals surface area (Å²) in [5.41, 5.74) is 6.46. The predicted molar refractivity (Wildman–Crippen MR) is 106 cm³/mol. The molecule has 0 unspecified atom stereocenters. The van der Waals surface area contributed by atoms with Crippen LogP contribution in [-0.4, -0.2) is 22.1 Å². The van der Waals surface area contributed by atoms with Crippen molar-refractivity contribution in [2.24, 2.45) is 5.10 Å². The average molecular weight is 352 g/mol. The van der Waals surface area contributed by atoms with Crippen LogP contribution >= 0.6 is 0 Å². The van der Waals surface area contributed by atoms with Crippen molar-refractivity contribution in [1.82, 2.24) is 15.4 Å². The highest BCUT2D eigenvalue weighted by molar-refractivity contribution is 6.07. The van der Waals surface area contributed by atoms with E-state index in [9.17, 15) is 4.79 Å². The van der Waals surface area contributed by atoms with Gasteiger partial charge in [0.15, 0.2) is 0 Å². The zero-order chi connectivity index (χ0) is 18.5. The SMILES string of the molecule is O=C(NN=Cc1ccncc1)c1cc(-c2ccccc2)nc2ccccc12. The van der Waals surface area contributed by atoms with Crippen molar-refractivity contribution in [2.75, 3.05) is 0 Å².